The highest BCUT2D eigenvalue weighted by Gasteiger charge is 2.28. The summed E-state index contributed by atoms with van der Waals surface area (Å²) >= 11 is 0. The molecule has 0 aliphatic heterocycles. The number of anilines is 1. The van der Waals surface area contributed by atoms with Crippen LogP contribution in [0.25, 0.3) is 0 Å². The van der Waals surface area contributed by atoms with E-state index in [0.717, 1.165) is 12.8 Å². The number of amides is 2. The molecule has 0 saturated heterocycles. The smallest absolute Gasteiger partial charge is 0.343 e. The lowest BCUT2D eigenvalue weighted by atomic mass is 9.85. The average molecular weight is 380 g/mol. The van der Waals surface area contributed by atoms with Crippen LogP contribution >= 0.6 is 0 Å². The molecule has 6 nitrogen and oxygen atoms in total. The Labute approximate surface area is 153 Å². The lowest BCUT2D eigenvalue weighted by molar-refractivity contribution is -0.123. The molecule has 1 saturated carbocycles. The number of hydrogen-bond donors (Lipinski definition) is 2. The highest BCUT2D eigenvalue weighted by Crippen LogP contribution is 2.28. The molecule has 1 fully saturated rings. The molecule has 0 bridgehead atoms. The Balaban J connectivity index is 1.71. The van der Waals surface area contributed by atoms with Crippen molar-refractivity contribution < 1.29 is 22.8 Å². The largest absolute Gasteiger partial charge is 0.405 e. The Bertz CT molecular complexity index is 828. The minimum Gasteiger partial charge on any atom is -0.343 e. The Morgan fingerprint density at radius 1 is 1.15 bits per heavy atom. The van der Waals surface area contributed by atoms with Crippen molar-refractivity contribution in [3.05, 3.63) is 47.8 Å². The van der Waals surface area contributed by atoms with E-state index in [1.165, 1.54) is 30.8 Å². The van der Waals surface area contributed by atoms with Crippen LogP contribution in [0.2, 0.25) is 0 Å². The van der Waals surface area contributed by atoms with Crippen molar-refractivity contribution in [2.45, 2.75) is 32.0 Å². The number of alkyl halides is 3. The lowest BCUT2D eigenvalue weighted by Gasteiger charge is -2.25. The molecule has 0 unspecified atom stereocenters. The van der Waals surface area contributed by atoms with Crippen molar-refractivity contribution >= 4 is 17.5 Å². The molecule has 1 aromatic heterocycles. The Morgan fingerprint density at radius 3 is 2.56 bits per heavy atom. The van der Waals surface area contributed by atoms with Gasteiger partial charge >= 0.3 is 6.18 Å². The summed E-state index contributed by atoms with van der Waals surface area (Å²) in [6, 6.07) is 7.49. The van der Waals surface area contributed by atoms with Gasteiger partial charge in [-0.3, -0.25) is 14.3 Å². The van der Waals surface area contributed by atoms with E-state index in [2.05, 4.69) is 10.4 Å². The van der Waals surface area contributed by atoms with Gasteiger partial charge in [0.25, 0.3) is 11.8 Å². The average Bonchev–Trinajstić information content (AvgIpc) is 3.04. The van der Waals surface area contributed by atoms with Gasteiger partial charge in [-0.15, -0.1) is 0 Å². The fourth-order valence-electron chi connectivity index (χ4n) is 2.84. The van der Waals surface area contributed by atoms with Crippen molar-refractivity contribution in [3.8, 4) is 0 Å². The number of benzene rings is 1. The van der Waals surface area contributed by atoms with Crippen LogP contribution in [-0.2, 0) is 6.54 Å². The van der Waals surface area contributed by atoms with E-state index >= 15 is 0 Å². The summed E-state index contributed by atoms with van der Waals surface area (Å²) in [4.78, 5) is 24.7. The van der Waals surface area contributed by atoms with Crippen molar-refractivity contribution in [2.75, 3.05) is 11.9 Å². The molecule has 2 aromatic rings. The van der Waals surface area contributed by atoms with Crippen LogP contribution in [0.1, 0.15) is 40.1 Å². The van der Waals surface area contributed by atoms with Gasteiger partial charge in [0.05, 0.1) is 11.3 Å². The van der Waals surface area contributed by atoms with Crippen molar-refractivity contribution in [2.24, 2.45) is 5.92 Å². The monoisotopic (exact) mass is 380 g/mol. The second kappa shape index (κ2) is 7.81. The van der Waals surface area contributed by atoms with E-state index in [9.17, 15) is 22.8 Å². The summed E-state index contributed by atoms with van der Waals surface area (Å²) in [5.74, 6) is -0.883. The minimum absolute atomic E-state index is 0.0415. The molecule has 144 valence electrons. The van der Waals surface area contributed by atoms with Gasteiger partial charge in [-0.05, 0) is 37.0 Å². The Morgan fingerprint density at radius 2 is 1.89 bits per heavy atom. The number of aromatic nitrogens is 2. The van der Waals surface area contributed by atoms with Gasteiger partial charge in [0.2, 0.25) is 0 Å². The third-order valence-corrected chi connectivity index (χ3v) is 4.47. The van der Waals surface area contributed by atoms with Crippen LogP contribution in [-0.4, -0.2) is 34.3 Å². The molecule has 1 aliphatic rings. The van der Waals surface area contributed by atoms with E-state index in [1.54, 1.807) is 16.8 Å². The van der Waals surface area contributed by atoms with Crippen LogP contribution in [0.5, 0.6) is 0 Å². The number of carbonyl (C=O) groups is 2. The van der Waals surface area contributed by atoms with E-state index < -0.39 is 24.5 Å². The Kier molecular flexibility index (Phi) is 5.48. The number of para-hydroxylation sites is 1. The normalized spacial score (nSPS) is 14.5. The summed E-state index contributed by atoms with van der Waals surface area (Å²) < 4.78 is 38.6. The fraction of sp³-hybridized carbons (Fsp3) is 0.389. The van der Waals surface area contributed by atoms with Gasteiger partial charge in [0.1, 0.15) is 12.2 Å². The topological polar surface area (TPSA) is 76.0 Å². The van der Waals surface area contributed by atoms with Crippen molar-refractivity contribution in [1.29, 1.82) is 0 Å². The van der Waals surface area contributed by atoms with Gasteiger partial charge in [-0.2, -0.15) is 18.3 Å². The van der Waals surface area contributed by atoms with Crippen molar-refractivity contribution in [1.82, 2.24) is 15.1 Å². The molecule has 3 rings (SSSR count). The van der Waals surface area contributed by atoms with E-state index in [1.807, 2.05) is 5.32 Å². The van der Waals surface area contributed by atoms with Crippen LogP contribution < -0.4 is 10.6 Å². The molecular weight excluding hydrogens is 361 g/mol. The number of carbonyl (C=O) groups excluding carboxylic acids is 2. The van der Waals surface area contributed by atoms with Gasteiger partial charge in [0, 0.05) is 12.7 Å². The van der Waals surface area contributed by atoms with Gasteiger partial charge < -0.3 is 10.6 Å². The van der Waals surface area contributed by atoms with Crippen LogP contribution in [0.3, 0.4) is 0 Å². The maximum Gasteiger partial charge on any atom is 0.405 e. The van der Waals surface area contributed by atoms with Crippen molar-refractivity contribution in [3.63, 3.8) is 0 Å². The summed E-state index contributed by atoms with van der Waals surface area (Å²) in [7, 11) is 0. The zero-order valence-electron chi connectivity index (χ0n) is 14.4. The summed E-state index contributed by atoms with van der Waals surface area (Å²) in [6.45, 7) is -0.800. The third kappa shape index (κ3) is 4.87. The molecule has 9 heteroatoms. The number of halogens is 3. The zero-order valence-corrected chi connectivity index (χ0v) is 14.4. The van der Waals surface area contributed by atoms with Crippen LogP contribution in [0, 0.1) is 5.92 Å². The summed E-state index contributed by atoms with van der Waals surface area (Å²) in [5, 5.41) is 8.57. The van der Waals surface area contributed by atoms with Gasteiger partial charge in [0.15, 0.2) is 0 Å². The molecule has 2 N–H and O–H groups in total. The first-order chi connectivity index (χ1) is 12.8. The minimum atomic E-state index is -4.51. The number of rotatable bonds is 6. The molecule has 0 atom stereocenters. The summed E-state index contributed by atoms with van der Waals surface area (Å²) in [6.07, 6.45) is 0.386. The second-order valence-corrected chi connectivity index (χ2v) is 6.49. The van der Waals surface area contributed by atoms with Gasteiger partial charge in [-0.25, -0.2) is 0 Å². The molecule has 1 heterocycles. The lowest BCUT2D eigenvalue weighted by Crippen LogP contribution is -2.34. The van der Waals surface area contributed by atoms with Crippen LogP contribution in [0.4, 0.5) is 18.9 Å². The number of nitrogens with one attached hydrogen (secondary N) is 2. The first kappa shape index (κ1) is 18.9. The molecule has 0 spiro atoms. The predicted molar refractivity (Wildman–Crippen MR) is 92.4 cm³/mol. The predicted octanol–water partition coefficient (Wildman–Crippen LogP) is 3.23. The fourth-order valence-corrected chi connectivity index (χ4v) is 2.84. The highest BCUT2D eigenvalue weighted by molar-refractivity contribution is 6.08. The zero-order chi connectivity index (χ0) is 19.4. The first-order valence-corrected chi connectivity index (χ1v) is 8.60. The highest BCUT2D eigenvalue weighted by atomic mass is 19.4. The first-order valence-electron chi connectivity index (χ1n) is 8.60. The quantitative estimate of drug-likeness (QED) is 0.808. The second-order valence-electron chi connectivity index (χ2n) is 6.49. The standard InChI is InChI=1S/C18H19F3N4O2/c19-18(20,21)11-22-16(26)13-6-1-2-7-14(13)24-17(27)15-8-9-23-25(15)10-12-4-3-5-12/h1-2,6-9,12H,3-5,10-11H2,(H,22,26)(H,24,27). The molecule has 0 radical (unpaired) electrons. The molecule has 27 heavy (non-hydrogen) atoms. The molecule has 1 aliphatic carbocycles. The van der Waals surface area contributed by atoms with Gasteiger partial charge in [-0.1, -0.05) is 18.6 Å². The molecule has 2 amide bonds. The maximum absolute atomic E-state index is 12.6. The third-order valence-electron chi connectivity index (χ3n) is 4.47. The summed E-state index contributed by atoms with van der Waals surface area (Å²) in [5.41, 5.74) is 0.436. The van der Waals surface area contributed by atoms with E-state index in [-0.39, 0.29) is 11.3 Å². The number of nitrogens with zero attached hydrogens (tertiary/aromatic N) is 2. The maximum atomic E-state index is 12.6. The SMILES string of the molecule is O=C(NCC(F)(F)F)c1ccccc1NC(=O)c1ccnn1CC1CCC1. The molecule has 1 aromatic carbocycles. The molecular formula is C18H19F3N4O2. The van der Waals surface area contributed by atoms with Crippen LogP contribution in [0.15, 0.2) is 36.5 Å². The number of hydrogen-bond acceptors (Lipinski definition) is 3. The van der Waals surface area contributed by atoms with E-state index in [0.29, 0.717) is 18.2 Å². The Hall–Kier alpha value is -2.84. The van der Waals surface area contributed by atoms with E-state index in [4.69, 9.17) is 0 Å².